The summed E-state index contributed by atoms with van der Waals surface area (Å²) in [5.74, 6) is -0.331. The number of carbonyl (C=O) groups excluding carboxylic acids is 2. The van der Waals surface area contributed by atoms with Crippen LogP contribution in [0.15, 0.2) is 24.3 Å². The highest BCUT2D eigenvalue weighted by atomic mass is 35.5. The molecule has 0 aromatic heterocycles. The SMILES string of the molecule is COCCNCCNC(=O)c1ccccc1NC(=O)C(C)(C)C.Cl. The molecular formula is C17H28ClN3O3. The van der Waals surface area contributed by atoms with E-state index in [-0.39, 0.29) is 24.2 Å². The number of benzene rings is 1. The van der Waals surface area contributed by atoms with Crippen LogP contribution in [-0.2, 0) is 9.53 Å². The lowest BCUT2D eigenvalue weighted by Gasteiger charge is -2.19. The summed E-state index contributed by atoms with van der Waals surface area (Å²) in [5.41, 5.74) is 0.466. The summed E-state index contributed by atoms with van der Waals surface area (Å²) in [5, 5.41) is 8.80. The summed E-state index contributed by atoms with van der Waals surface area (Å²) in [6.07, 6.45) is 0. The van der Waals surface area contributed by atoms with Gasteiger partial charge in [0.25, 0.3) is 5.91 Å². The van der Waals surface area contributed by atoms with Crippen LogP contribution in [-0.4, -0.2) is 45.2 Å². The van der Waals surface area contributed by atoms with Crippen LogP contribution in [0, 0.1) is 5.41 Å². The molecule has 0 saturated heterocycles. The zero-order chi connectivity index (χ0) is 17.3. The van der Waals surface area contributed by atoms with Gasteiger partial charge in [-0.2, -0.15) is 0 Å². The first-order chi connectivity index (χ1) is 10.9. The lowest BCUT2D eigenvalue weighted by molar-refractivity contribution is -0.123. The van der Waals surface area contributed by atoms with Crippen LogP contribution in [0.5, 0.6) is 0 Å². The van der Waals surface area contributed by atoms with E-state index in [0.717, 1.165) is 6.54 Å². The summed E-state index contributed by atoms with van der Waals surface area (Å²) in [6.45, 7) is 8.03. The number of ether oxygens (including phenoxy) is 1. The molecule has 2 amide bonds. The van der Waals surface area contributed by atoms with E-state index in [1.54, 1.807) is 31.4 Å². The quantitative estimate of drug-likeness (QED) is 0.622. The van der Waals surface area contributed by atoms with Crippen molar-refractivity contribution in [3.63, 3.8) is 0 Å². The first-order valence-corrected chi connectivity index (χ1v) is 7.74. The second-order valence-electron chi connectivity index (χ2n) is 6.25. The molecule has 0 aliphatic rings. The number of hydrogen-bond donors (Lipinski definition) is 3. The Kier molecular flexibility index (Phi) is 10.3. The molecule has 6 nitrogen and oxygen atoms in total. The van der Waals surface area contributed by atoms with Gasteiger partial charge in [-0.1, -0.05) is 32.9 Å². The summed E-state index contributed by atoms with van der Waals surface area (Å²) in [6, 6.07) is 7.00. The number of anilines is 1. The third kappa shape index (κ3) is 7.77. The Bertz CT molecular complexity index is 530. The molecule has 0 aliphatic carbocycles. The van der Waals surface area contributed by atoms with Crippen molar-refractivity contribution in [2.45, 2.75) is 20.8 Å². The standard InChI is InChI=1S/C17H27N3O3.ClH/c1-17(2,3)16(22)20-14-8-6-5-7-13(14)15(21)19-10-9-18-11-12-23-4;/h5-8,18H,9-12H2,1-4H3,(H,19,21)(H,20,22);1H. The molecule has 0 atom stereocenters. The first kappa shape index (κ1) is 22.4. The van der Waals surface area contributed by atoms with E-state index in [2.05, 4.69) is 16.0 Å². The molecule has 1 rings (SSSR count). The zero-order valence-electron chi connectivity index (χ0n) is 14.8. The van der Waals surface area contributed by atoms with Crippen molar-refractivity contribution < 1.29 is 14.3 Å². The van der Waals surface area contributed by atoms with E-state index in [9.17, 15) is 9.59 Å². The van der Waals surface area contributed by atoms with Gasteiger partial charge in [-0.15, -0.1) is 12.4 Å². The Morgan fingerprint density at radius 1 is 1.08 bits per heavy atom. The Morgan fingerprint density at radius 3 is 2.38 bits per heavy atom. The van der Waals surface area contributed by atoms with Crippen LogP contribution in [0.4, 0.5) is 5.69 Å². The summed E-state index contributed by atoms with van der Waals surface area (Å²) in [4.78, 5) is 24.4. The van der Waals surface area contributed by atoms with Crippen LogP contribution in [0.2, 0.25) is 0 Å². The fourth-order valence-electron chi connectivity index (χ4n) is 1.76. The fourth-order valence-corrected chi connectivity index (χ4v) is 1.76. The smallest absolute Gasteiger partial charge is 0.253 e. The Balaban J connectivity index is 0.00000529. The largest absolute Gasteiger partial charge is 0.383 e. The van der Waals surface area contributed by atoms with Crippen molar-refractivity contribution in [2.24, 2.45) is 5.41 Å². The van der Waals surface area contributed by atoms with E-state index in [0.29, 0.717) is 30.9 Å². The van der Waals surface area contributed by atoms with Gasteiger partial charge in [0.2, 0.25) is 5.91 Å². The van der Waals surface area contributed by atoms with E-state index in [1.807, 2.05) is 20.8 Å². The van der Waals surface area contributed by atoms with Crippen molar-refractivity contribution in [2.75, 3.05) is 38.7 Å². The highest BCUT2D eigenvalue weighted by molar-refractivity contribution is 6.04. The highest BCUT2D eigenvalue weighted by Crippen LogP contribution is 2.20. The molecule has 0 aliphatic heterocycles. The third-order valence-corrected chi connectivity index (χ3v) is 3.17. The lowest BCUT2D eigenvalue weighted by Crippen LogP contribution is -2.34. The normalized spacial score (nSPS) is 10.7. The van der Waals surface area contributed by atoms with Gasteiger partial charge in [0, 0.05) is 32.2 Å². The Morgan fingerprint density at radius 2 is 1.75 bits per heavy atom. The number of methoxy groups -OCH3 is 1. The minimum Gasteiger partial charge on any atom is -0.383 e. The molecule has 3 N–H and O–H groups in total. The number of carbonyl (C=O) groups is 2. The monoisotopic (exact) mass is 357 g/mol. The average molecular weight is 358 g/mol. The van der Waals surface area contributed by atoms with Crippen molar-refractivity contribution in [1.29, 1.82) is 0 Å². The maximum atomic E-state index is 12.3. The highest BCUT2D eigenvalue weighted by Gasteiger charge is 2.22. The molecule has 0 heterocycles. The average Bonchev–Trinajstić information content (AvgIpc) is 2.50. The second-order valence-corrected chi connectivity index (χ2v) is 6.25. The predicted molar refractivity (Wildman–Crippen MR) is 98.9 cm³/mol. The van der Waals surface area contributed by atoms with E-state index >= 15 is 0 Å². The fraction of sp³-hybridized carbons (Fsp3) is 0.529. The molecule has 0 unspecified atom stereocenters. The molecule has 1 aromatic rings. The molecular weight excluding hydrogens is 330 g/mol. The van der Waals surface area contributed by atoms with Crippen molar-refractivity contribution in [1.82, 2.24) is 10.6 Å². The molecule has 1 aromatic carbocycles. The molecule has 0 spiro atoms. The minimum absolute atomic E-state index is 0. The third-order valence-electron chi connectivity index (χ3n) is 3.17. The maximum Gasteiger partial charge on any atom is 0.253 e. The van der Waals surface area contributed by atoms with Gasteiger partial charge in [0.1, 0.15) is 0 Å². The van der Waals surface area contributed by atoms with Crippen LogP contribution in [0.3, 0.4) is 0 Å². The number of nitrogens with one attached hydrogen (secondary N) is 3. The van der Waals surface area contributed by atoms with Crippen molar-refractivity contribution in [3.8, 4) is 0 Å². The summed E-state index contributed by atoms with van der Waals surface area (Å²) in [7, 11) is 1.65. The molecule has 7 heteroatoms. The number of amides is 2. The molecule has 0 saturated carbocycles. The van der Waals surface area contributed by atoms with Gasteiger partial charge in [-0.25, -0.2) is 0 Å². The van der Waals surface area contributed by atoms with E-state index in [4.69, 9.17) is 4.74 Å². The zero-order valence-corrected chi connectivity index (χ0v) is 15.6. The topological polar surface area (TPSA) is 79.5 Å². The number of para-hydroxylation sites is 1. The predicted octanol–water partition coefficient (Wildman–Crippen LogP) is 2.06. The van der Waals surface area contributed by atoms with E-state index < -0.39 is 5.41 Å². The lowest BCUT2D eigenvalue weighted by atomic mass is 9.95. The van der Waals surface area contributed by atoms with Gasteiger partial charge in [0.05, 0.1) is 17.9 Å². The summed E-state index contributed by atoms with van der Waals surface area (Å²) >= 11 is 0. The number of halogens is 1. The Labute approximate surface area is 150 Å². The molecule has 136 valence electrons. The van der Waals surface area contributed by atoms with Crippen LogP contribution in [0.25, 0.3) is 0 Å². The van der Waals surface area contributed by atoms with Crippen molar-refractivity contribution >= 4 is 29.9 Å². The Hall–Kier alpha value is -1.63. The van der Waals surface area contributed by atoms with Gasteiger partial charge < -0.3 is 20.7 Å². The van der Waals surface area contributed by atoms with Crippen molar-refractivity contribution in [3.05, 3.63) is 29.8 Å². The maximum absolute atomic E-state index is 12.3. The van der Waals surface area contributed by atoms with Gasteiger partial charge >= 0.3 is 0 Å². The molecule has 0 radical (unpaired) electrons. The molecule has 0 bridgehead atoms. The van der Waals surface area contributed by atoms with Gasteiger partial charge in [-0.05, 0) is 12.1 Å². The number of hydrogen-bond acceptors (Lipinski definition) is 4. The molecule has 0 fully saturated rings. The number of rotatable bonds is 8. The first-order valence-electron chi connectivity index (χ1n) is 7.74. The summed E-state index contributed by atoms with van der Waals surface area (Å²) < 4.78 is 4.93. The van der Waals surface area contributed by atoms with Crippen LogP contribution < -0.4 is 16.0 Å². The molecule has 24 heavy (non-hydrogen) atoms. The van der Waals surface area contributed by atoms with Crippen LogP contribution >= 0.6 is 12.4 Å². The van der Waals surface area contributed by atoms with Crippen LogP contribution in [0.1, 0.15) is 31.1 Å². The second kappa shape index (κ2) is 11.0. The van der Waals surface area contributed by atoms with E-state index in [1.165, 1.54) is 0 Å². The minimum atomic E-state index is -0.519. The van der Waals surface area contributed by atoms with Gasteiger partial charge in [-0.3, -0.25) is 9.59 Å². The van der Waals surface area contributed by atoms with Gasteiger partial charge in [0.15, 0.2) is 0 Å².